The van der Waals surface area contributed by atoms with Crippen molar-refractivity contribution in [3.05, 3.63) is 26.6 Å². The zero-order valence-electron chi connectivity index (χ0n) is 12.7. The Morgan fingerprint density at radius 3 is 2.82 bits per heavy atom. The highest BCUT2D eigenvalue weighted by Gasteiger charge is 2.12. The summed E-state index contributed by atoms with van der Waals surface area (Å²) >= 11 is 1.51. The molecule has 0 saturated carbocycles. The molecule has 6 nitrogen and oxygen atoms in total. The Morgan fingerprint density at radius 2 is 2.14 bits per heavy atom. The van der Waals surface area contributed by atoms with Crippen LogP contribution < -0.4 is 16.6 Å². The van der Waals surface area contributed by atoms with Crippen LogP contribution in [-0.4, -0.2) is 29.0 Å². The number of aromatic nitrogens is 2. The van der Waals surface area contributed by atoms with Crippen LogP contribution in [-0.2, 0) is 11.2 Å². The van der Waals surface area contributed by atoms with Gasteiger partial charge in [-0.3, -0.25) is 9.59 Å². The summed E-state index contributed by atoms with van der Waals surface area (Å²) in [5.74, 6) is 0.507. The van der Waals surface area contributed by atoms with E-state index in [2.05, 4.69) is 15.3 Å². The molecule has 0 bridgehead atoms. The van der Waals surface area contributed by atoms with E-state index in [1.54, 1.807) is 0 Å². The minimum Gasteiger partial charge on any atom is -0.356 e. The molecule has 0 fully saturated rings. The van der Waals surface area contributed by atoms with E-state index in [1.807, 2.05) is 13.8 Å². The van der Waals surface area contributed by atoms with Gasteiger partial charge in [-0.25, -0.2) is 4.98 Å². The monoisotopic (exact) mass is 344 g/mol. The maximum absolute atomic E-state index is 12.1. The van der Waals surface area contributed by atoms with Gasteiger partial charge in [0.2, 0.25) is 5.91 Å². The number of amides is 1. The lowest BCUT2D eigenvalue weighted by molar-refractivity contribution is -0.121. The minimum absolute atomic E-state index is 0. The van der Waals surface area contributed by atoms with Crippen LogP contribution >= 0.6 is 23.7 Å². The predicted molar refractivity (Wildman–Crippen MR) is 92.0 cm³/mol. The van der Waals surface area contributed by atoms with Crippen molar-refractivity contribution < 1.29 is 4.79 Å². The highest BCUT2D eigenvalue weighted by atomic mass is 35.5. The standard InChI is InChI=1S/C14H20N4O2S.ClH/c1-8-9(2)21-14-12(8)13(20)17-10(18-14)4-5-11(19)16-7-3-6-15;/h3-7,15H2,1-2H3,(H,16,19)(H,17,18,20);1H. The average Bonchev–Trinajstić information content (AvgIpc) is 2.72. The fourth-order valence-electron chi connectivity index (χ4n) is 2.07. The van der Waals surface area contributed by atoms with Crippen LogP contribution in [0.1, 0.15) is 29.1 Å². The van der Waals surface area contributed by atoms with Gasteiger partial charge in [0, 0.05) is 24.3 Å². The van der Waals surface area contributed by atoms with Crippen molar-refractivity contribution in [2.75, 3.05) is 13.1 Å². The molecular weight excluding hydrogens is 324 g/mol. The average molecular weight is 345 g/mol. The van der Waals surface area contributed by atoms with Crippen molar-refractivity contribution in [3.63, 3.8) is 0 Å². The van der Waals surface area contributed by atoms with Gasteiger partial charge in [0.1, 0.15) is 10.7 Å². The number of H-pyrrole nitrogens is 1. The van der Waals surface area contributed by atoms with Crippen molar-refractivity contribution in [3.8, 4) is 0 Å². The largest absolute Gasteiger partial charge is 0.356 e. The number of carbonyl (C=O) groups excluding carboxylic acids is 1. The summed E-state index contributed by atoms with van der Waals surface area (Å²) in [4.78, 5) is 32.8. The Balaban J connectivity index is 0.00000242. The normalized spacial score (nSPS) is 10.5. The van der Waals surface area contributed by atoms with E-state index in [0.29, 0.717) is 37.1 Å². The van der Waals surface area contributed by atoms with E-state index in [0.717, 1.165) is 21.7 Å². The molecule has 22 heavy (non-hydrogen) atoms. The van der Waals surface area contributed by atoms with Gasteiger partial charge in [-0.15, -0.1) is 23.7 Å². The number of rotatable bonds is 6. The number of halogens is 1. The first-order valence-electron chi connectivity index (χ1n) is 6.98. The maximum Gasteiger partial charge on any atom is 0.259 e. The lowest BCUT2D eigenvalue weighted by Crippen LogP contribution is -2.26. The molecule has 0 aliphatic carbocycles. The molecular formula is C14H21ClN4O2S. The van der Waals surface area contributed by atoms with E-state index in [1.165, 1.54) is 11.3 Å². The van der Waals surface area contributed by atoms with E-state index in [4.69, 9.17) is 5.73 Å². The van der Waals surface area contributed by atoms with Crippen molar-refractivity contribution >= 4 is 39.9 Å². The summed E-state index contributed by atoms with van der Waals surface area (Å²) in [5, 5.41) is 3.44. The molecule has 0 aromatic carbocycles. The summed E-state index contributed by atoms with van der Waals surface area (Å²) in [6, 6.07) is 0. The van der Waals surface area contributed by atoms with Crippen LogP contribution in [0.25, 0.3) is 10.2 Å². The van der Waals surface area contributed by atoms with Crippen LogP contribution in [0.4, 0.5) is 0 Å². The molecule has 2 aromatic rings. The molecule has 0 unspecified atom stereocenters. The van der Waals surface area contributed by atoms with Crippen molar-refractivity contribution in [1.29, 1.82) is 0 Å². The van der Waals surface area contributed by atoms with E-state index >= 15 is 0 Å². The Hall–Kier alpha value is -1.44. The minimum atomic E-state index is -0.125. The number of fused-ring (bicyclic) bond motifs is 1. The molecule has 0 atom stereocenters. The summed E-state index contributed by atoms with van der Waals surface area (Å²) in [5.41, 5.74) is 6.22. The number of carbonyl (C=O) groups is 1. The van der Waals surface area contributed by atoms with Crippen molar-refractivity contribution in [2.24, 2.45) is 5.73 Å². The molecule has 0 aliphatic rings. The summed E-state index contributed by atoms with van der Waals surface area (Å²) in [6.45, 7) is 5.05. The highest BCUT2D eigenvalue weighted by Crippen LogP contribution is 2.25. The fourth-order valence-corrected chi connectivity index (χ4v) is 3.12. The molecule has 2 aromatic heterocycles. The van der Waals surface area contributed by atoms with Crippen LogP contribution in [0.2, 0.25) is 0 Å². The predicted octanol–water partition coefficient (Wildman–Crippen LogP) is 1.42. The third kappa shape index (κ3) is 4.28. The van der Waals surface area contributed by atoms with Crippen molar-refractivity contribution in [1.82, 2.24) is 15.3 Å². The Kier molecular flexibility index (Phi) is 6.99. The van der Waals surface area contributed by atoms with Crippen molar-refractivity contribution in [2.45, 2.75) is 33.1 Å². The number of nitrogens with two attached hydrogens (primary N) is 1. The number of hydrogen-bond donors (Lipinski definition) is 3. The zero-order valence-corrected chi connectivity index (χ0v) is 14.3. The third-order valence-corrected chi connectivity index (χ3v) is 4.48. The van der Waals surface area contributed by atoms with Crippen LogP contribution in [0.5, 0.6) is 0 Å². The van der Waals surface area contributed by atoms with Crippen LogP contribution in [0.15, 0.2) is 4.79 Å². The molecule has 2 rings (SSSR count). The number of aryl methyl sites for hydroxylation is 3. The number of aromatic amines is 1. The molecule has 122 valence electrons. The number of nitrogens with zero attached hydrogens (tertiary/aromatic N) is 1. The Morgan fingerprint density at radius 1 is 1.41 bits per heavy atom. The first kappa shape index (κ1) is 18.6. The van der Waals surface area contributed by atoms with Gasteiger partial charge in [0.05, 0.1) is 5.39 Å². The van der Waals surface area contributed by atoms with E-state index in [-0.39, 0.29) is 23.9 Å². The topological polar surface area (TPSA) is 101 Å². The first-order valence-corrected chi connectivity index (χ1v) is 7.80. The third-order valence-electron chi connectivity index (χ3n) is 3.38. The second-order valence-electron chi connectivity index (χ2n) is 4.97. The molecule has 2 heterocycles. The quantitative estimate of drug-likeness (QED) is 0.690. The molecule has 8 heteroatoms. The lowest BCUT2D eigenvalue weighted by atomic mass is 10.2. The van der Waals surface area contributed by atoms with E-state index in [9.17, 15) is 9.59 Å². The van der Waals surface area contributed by atoms with Gasteiger partial charge in [0.25, 0.3) is 5.56 Å². The zero-order chi connectivity index (χ0) is 15.4. The molecule has 0 saturated heterocycles. The van der Waals surface area contributed by atoms with Crippen LogP contribution in [0.3, 0.4) is 0 Å². The van der Waals surface area contributed by atoms with Gasteiger partial charge < -0.3 is 16.0 Å². The smallest absolute Gasteiger partial charge is 0.259 e. The highest BCUT2D eigenvalue weighted by molar-refractivity contribution is 7.18. The Labute approximate surface area is 138 Å². The SMILES string of the molecule is Cc1sc2nc(CCC(=O)NCCCN)[nH]c(=O)c2c1C.Cl. The molecule has 1 amide bonds. The first-order chi connectivity index (χ1) is 10.0. The van der Waals surface area contributed by atoms with Gasteiger partial charge in [-0.05, 0) is 32.4 Å². The lowest BCUT2D eigenvalue weighted by Gasteiger charge is -2.04. The summed E-state index contributed by atoms with van der Waals surface area (Å²) in [7, 11) is 0. The second kappa shape index (κ2) is 8.26. The molecule has 4 N–H and O–H groups in total. The Bertz CT molecular complexity index is 711. The second-order valence-corrected chi connectivity index (χ2v) is 6.17. The number of nitrogens with one attached hydrogen (secondary N) is 2. The molecule has 0 radical (unpaired) electrons. The van der Waals surface area contributed by atoms with E-state index < -0.39 is 0 Å². The van der Waals surface area contributed by atoms with Crippen LogP contribution in [0, 0.1) is 13.8 Å². The molecule has 0 spiro atoms. The molecule has 0 aliphatic heterocycles. The maximum atomic E-state index is 12.1. The fraction of sp³-hybridized carbons (Fsp3) is 0.500. The number of hydrogen-bond acceptors (Lipinski definition) is 5. The summed E-state index contributed by atoms with van der Waals surface area (Å²) < 4.78 is 0. The van der Waals surface area contributed by atoms with Gasteiger partial charge in [0.15, 0.2) is 0 Å². The van der Waals surface area contributed by atoms with Gasteiger partial charge >= 0.3 is 0 Å². The number of thiophene rings is 1. The summed E-state index contributed by atoms with van der Waals surface area (Å²) in [6.07, 6.45) is 1.50. The van der Waals surface area contributed by atoms with Gasteiger partial charge in [-0.2, -0.15) is 0 Å². The van der Waals surface area contributed by atoms with Gasteiger partial charge in [-0.1, -0.05) is 0 Å².